The standard InChI is InChI=1S/C62H42F5OP/c1-40(2)61(63,64)48-19-12-17-46(37-48)60(47-18-13-20-49(38-47)62(65,66)67,50-36-44-16-11-26-55-54-25-9-14-43-15-10-27-56(58(43)54)57(39-50)59(44)55)45-32-28-41(29-33-45)42-30-34-53(35-31-42)69(68,51-21-5-3-6-22-51)52-23-7-4-8-24-52/h3-39H,1H2,2H3. The summed E-state index contributed by atoms with van der Waals surface area (Å²) in [5.74, 6) is -3.44. The summed E-state index contributed by atoms with van der Waals surface area (Å²) in [4.78, 5) is 0. The second kappa shape index (κ2) is 16.5. The molecule has 336 valence electrons. The van der Waals surface area contributed by atoms with Gasteiger partial charge < -0.3 is 4.57 Å². The lowest BCUT2D eigenvalue weighted by Gasteiger charge is -2.38. The number of rotatable bonds is 10. The third kappa shape index (κ3) is 7.08. The molecular formula is C62H42F5OP. The highest BCUT2D eigenvalue weighted by molar-refractivity contribution is 7.85. The molecule has 1 unspecified atom stereocenters. The van der Waals surface area contributed by atoms with Crippen LogP contribution in [0.1, 0.15) is 40.3 Å². The van der Waals surface area contributed by atoms with Crippen LogP contribution in [0.3, 0.4) is 0 Å². The van der Waals surface area contributed by atoms with Crippen molar-refractivity contribution in [3.05, 3.63) is 270 Å². The van der Waals surface area contributed by atoms with E-state index in [1.807, 2.05) is 146 Å². The minimum Gasteiger partial charge on any atom is -0.309 e. The van der Waals surface area contributed by atoms with Gasteiger partial charge in [-0.3, -0.25) is 0 Å². The van der Waals surface area contributed by atoms with Crippen LogP contribution in [-0.2, 0) is 22.1 Å². The summed E-state index contributed by atoms with van der Waals surface area (Å²) in [7, 11) is -3.25. The molecule has 0 spiro atoms. The Balaban J connectivity index is 1.17. The molecule has 0 saturated heterocycles. The number of fused-ring (bicyclic) bond motifs is 2. The molecule has 0 aliphatic carbocycles. The van der Waals surface area contributed by atoms with Gasteiger partial charge in [-0.05, 0) is 113 Å². The number of alkyl halides is 5. The first kappa shape index (κ1) is 43.9. The van der Waals surface area contributed by atoms with E-state index < -0.39 is 30.2 Å². The average molecular weight is 929 g/mol. The molecule has 11 aromatic carbocycles. The van der Waals surface area contributed by atoms with E-state index in [0.717, 1.165) is 66.3 Å². The van der Waals surface area contributed by atoms with Crippen molar-refractivity contribution in [2.45, 2.75) is 24.4 Å². The van der Waals surface area contributed by atoms with Crippen molar-refractivity contribution >= 4 is 66.1 Å². The molecule has 0 saturated carbocycles. The van der Waals surface area contributed by atoms with Gasteiger partial charge in [-0.15, -0.1) is 0 Å². The molecule has 1 nitrogen and oxygen atoms in total. The predicted molar refractivity (Wildman–Crippen MR) is 275 cm³/mol. The number of hydrogen-bond acceptors (Lipinski definition) is 1. The van der Waals surface area contributed by atoms with Gasteiger partial charge in [-0.2, -0.15) is 22.0 Å². The van der Waals surface area contributed by atoms with E-state index in [1.54, 1.807) is 18.2 Å². The van der Waals surface area contributed by atoms with Gasteiger partial charge in [0.05, 0.1) is 11.0 Å². The molecule has 7 heteroatoms. The number of benzene rings is 11. The second-order valence-corrected chi connectivity index (χ2v) is 20.6. The maximum atomic E-state index is 16.2. The highest BCUT2D eigenvalue weighted by Gasteiger charge is 2.43. The zero-order valence-corrected chi connectivity index (χ0v) is 38.2. The molecule has 11 rings (SSSR count). The van der Waals surface area contributed by atoms with Gasteiger partial charge >= 0.3 is 6.18 Å². The first-order valence-corrected chi connectivity index (χ1v) is 24.4. The fourth-order valence-corrected chi connectivity index (χ4v) is 13.1. The van der Waals surface area contributed by atoms with E-state index in [0.29, 0.717) is 32.6 Å². The van der Waals surface area contributed by atoms with Gasteiger partial charge in [0.1, 0.15) is 0 Å². The fourth-order valence-electron chi connectivity index (χ4n) is 10.5. The van der Waals surface area contributed by atoms with Gasteiger partial charge in [0.15, 0.2) is 7.14 Å². The third-order valence-electron chi connectivity index (χ3n) is 13.8. The summed E-state index contributed by atoms with van der Waals surface area (Å²) in [5.41, 5.74) is 0.236. The molecule has 1 atom stereocenters. The van der Waals surface area contributed by atoms with E-state index in [1.165, 1.54) is 25.1 Å². The molecule has 0 aromatic heterocycles. The zero-order valence-electron chi connectivity index (χ0n) is 37.3. The van der Waals surface area contributed by atoms with Crippen LogP contribution < -0.4 is 15.9 Å². The molecule has 0 heterocycles. The Morgan fingerprint density at radius 2 is 0.826 bits per heavy atom. The van der Waals surface area contributed by atoms with Gasteiger partial charge in [-0.25, -0.2) is 0 Å². The molecule has 0 bridgehead atoms. The van der Waals surface area contributed by atoms with Gasteiger partial charge in [0, 0.05) is 21.5 Å². The lowest BCUT2D eigenvalue weighted by Crippen LogP contribution is -2.32. The summed E-state index contributed by atoms with van der Waals surface area (Å²) in [6.07, 6.45) is -4.71. The highest BCUT2D eigenvalue weighted by Crippen LogP contribution is 2.51. The lowest BCUT2D eigenvalue weighted by molar-refractivity contribution is -0.137. The molecule has 0 N–H and O–H groups in total. The molecule has 0 fully saturated rings. The van der Waals surface area contributed by atoms with Crippen molar-refractivity contribution < 1.29 is 26.5 Å². The van der Waals surface area contributed by atoms with Crippen LogP contribution in [0, 0.1) is 0 Å². The normalized spacial score (nSPS) is 13.3. The van der Waals surface area contributed by atoms with Crippen LogP contribution in [-0.4, -0.2) is 0 Å². The largest absolute Gasteiger partial charge is 0.416 e. The van der Waals surface area contributed by atoms with Crippen LogP contribution >= 0.6 is 7.14 Å². The monoisotopic (exact) mass is 928 g/mol. The average Bonchev–Trinajstić information content (AvgIpc) is 3.38. The summed E-state index contributed by atoms with van der Waals surface area (Å²) < 4.78 is 92.3. The predicted octanol–water partition coefficient (Wildman–Crippen LogP) is 16.1. The van der Waals surface area contributed by atoms with Crippen molar-refractivity contribution in [3.63, 3.8) is 0 Å². The zero-order chi connectivity index (χ0) is 47.7. The topological polar surface area (TPSA) is 17.1 Å². The van der Waals surface area contributed by atoms with Gasteiger partial charge in [0.25, 0.3) is 5.92 Å². The van der Waals surface area contributed by atoms with Crippen LogP contribution in [0.25, 0.3) is 54.2 Å². The molecule has 0 amide bonds. The van der Waals surface area contributed by atoms with Crippen molar-refractivity contribution in [2.75, 3.05) is 0 Å². The summed E-state index contributed by atoms with van der Waals surface area (Å²) in [6.45, 7) is 4.88. The van der Waals surface area contributed by atoms with Gasteiger partial charge in [0.2, 0.25) is 0 Å². The van der Waals surface area contributed by atoms with E-state index in [2.05, 4.69) is 36.9 Å². The van der Waals surface area contributed by atoms with Crippen LogP contribution in [0.4, 0.5) is 22.0 Å². The van der Waals surface area contributed by atoms with Crippen molar-refractivity contribution in [3.8, 4) is 11.1 Å². The van der Waals surface area contributed by atoms with Crippen LogP contribution in [0.5, 0.6) is 0 Å². The second-order valence-electron chi connectivity index (χ2n) is 17.8. The smallest absolute Gasteiger partial charge is 0.309 e. The minimum absolute atomic E-state index is 0.250. The van der Waals surface area contributed by atoms with Crippen molar-refractivity contribution in [1.29, 1.82) is 0 Å². The maximum Gasteiger partial charge on any atom is 0.416 e. The first-order valence-electron chi connectivity index (χ1n) is 22.6. The van der Waals surface area contributed by atoms with Crippen LogP contribution in [0.15, 0.2) is 237 Å². The highest BCUT2D eigenvalue weighted by atomic mass is 31.2. The van der Waals surface area contributed by atoms with E-state index in [4.69, 9.17) is 0 Å². The Hall–Kier alpha value is -7.66. The molecule has 11 aromatic rings. The molecule has 69 heavy (non-hydrogen) atoms. The molecule has 0 radical (unpaired) electrons. The Bertz CT molecular complexity index is 3740. The first-order chi connectivity index (χ1) is 33.3. The Morgan fingerprint density at radius 3 is 1.36 bits per heavy atom. The van der Waals surface area contributed by atoms with Gasteiger partial charge in [-0.1, -0.05) is 207 Å². The summed E-state index contributed by atoms with van der Waals surface area (Å²) in [5, 5.41) is 10.0. The van der Waals surface area contributed by atoms with E-state index in [9.17, 15) is 13.2 Å². The van der Waals surface area contributed by atoms with E-state index >= 15 is 13.3 Å². The van der Waals surface area contributed by atoms with Crippen molar-refractivity contribution in [2.24, 2.45) is 0 Å². The molecular weight excluding hydrogens is 887 g/mol. The summed E-state index contributed by atoms with van der Waals surface area (Å²) in [6, 6.07) is 67.8. The quantitative estimate of drug-likeness (QED) is 0.0334. The number of allylic oxidation sites excluding steroid dienone is 1. The Labute approximate surface area is 396 Å². The molecule has 0 aliphatic rings. The SMILES string of the molecule is C=C(C)C(F)(F)c1cccc(C(c2ccc(-c3ccc(P(=O)(c4ccccc4)c4ccccc4)cc3)cc2)(c2cccc(C(F)(F)F)c2)c2cc3cccc4c5cccc6cccc(c(c2)c34)c65)c1. The molecule has 0 aliphatic heterocycles. The minimum atomic E-state index is -4.71. The summed E-state index contributed by atoms with van der Waals surface area (Å²) >= 11 is 0. The van der Waals surface area contributed by atoms with Crippen molar-refractivity contribution in [1.82, 2.24) is 0 Å². The number of halogens is 5. The fraction of sp³-hybridized carbons (Fsp3) is 0.0645. The third-order valence-corrected chi connectivity index (χ3v) is 16.9. The Kier molecular flexibility index (Phi) is 10.5. The van der Waals surface area contributed by atoms with E-state index in [-0.39, 0.29) is 16.7 Å². The Morgan fingerprint density at radius 1 is 0.391 bits per heavy atom. The number of hydrogen-bond donors (Lipinski definition) is 0. The lowest BCUT2D eigenvalue weighted by atomic mass is 9.64. The van der Waals surface area contributed by atoms with Crippen LogP contribution in [0.2, 0.25) is 0 Å². The maximum absolute atomic E-state index is 16.2.